The summed E-state index contributed by atoms with van der Waals surface area (Å²) in [5.41, 5.74) is 4.80. The molecule has 0 spiro atoms. The van der Waals surface area contributed by atoms with E-state index in [-0.39, 0.29) is 8.84 Å². The molecule has 1 aliphatic carbocycles. The second-order valence-electron chi connectivity index (χ2n) is 6.42. The Labute approximate surface area is 119 Å². The van der Waals surface area contributed by atoms with E-state index in [4.69, 9.17) is 0 Å². The van der Waals surface area contributed by atoms with Crippen molar-refractivity contribution in [1.82, 2.24) is 0 Å². The molecule has 0 amide bonds. The zero-order valence-electron chi connectivity index (χ0n) is 11.8. The third kappa shape index (κ3) is 1.68. The molecule has 17 heavy (non-hydrogen) atoms. The van der Waals surface area contributed by atoms with Gasteiger partial charge in [0.2, 0.25) is 0 Å². The minimum absolute atomic E-state index is 0.282. The normalized spacial score (nSPS) is 30.7. The molecule has 0 fully saturated rings. The van der Waals surface area contributed by atoms with Crippen molar-refractivity contribution in [2.75, 3.05) is 0 Å². The highest BCUT2D eigenvalue weighted by Gasteiger charge is 2.53. The Morgan fingerprint density at radius 3 is 2.29 bits per heavy atom. The third-order valence-electron chi connectivity index (χ3n) is 4.83. The molecule has 1 aromatic carbocycles. The number of fused-ring (bicyclic) bond motifs is 1. The molecule has 0 saturated carbocycles. The largest absolute Gasteiger partial charge is 0.0730 e. The van der Waals surface area contributed by atoms with Gasteiger partial charge in [0.15, 0.2) is 0 Å². The Hall–Kier alpha value is -0.0500. The van der Waals surface area contributed by atoms with Crippen LogP contribution in [0.15, 0.2) is 18.2 Å². The van der Waals surface area contributed by atoms with Gasteiger partial charge in [0, 0.05) is 0 Å². The van der Waals surface area contributed by atoms with E-state index in [1.54, 1.807) is 11.1 Å². The van der Waals surface area contributed by atoms with Crippen molar-refractivity contribution in [1.29, 1.82) is 0 Å². The Morgan fingerprint density at radius 1 is 1.18 bits per heavy atom. The monoisotopic (exact) mass is 342 g/mol. The zero-order chi connectivity index (χ0) is 13.0. The maximum atomic E-state index is 2.71. The van der Waals surface area contributed by atoms with Crippen LogP contribution in [0.4, 0.5) is 0 Å². The van der Waals surface area contributed by atoms with Gasteiger partial charge in [-0.25, -0.2) is 0 Å². The molecule has 0 N–H and O–H groups in total. The number of benzene rings is 1. The first-order valence-corrected chi connectivity index (χ1v) is 7.60. The number of aryl methyl sites for hydroxylation is 1. The van der Waals surface area contributed by atoms with Crippen molar-refractivity contribution in [3.8, 4) is 0 Å². The number of hydrogen-bond donors (Lipinski definition) is 0. The van der Waals surface area contributed by atoms with Crippen molar-refractivity contribution < 1.29 is 0 Å². The van der Waals surface area contributed by atoms with Crippen molar-refractivity contribution >= 4 is 22.6 Å². The van der Waals surface area contributed by atoms with Gasteiger partial charge in [-0.1, -0.05) is 81.0 Å². The second kappa shape index (κ2) is 3.97. The maximum Gasteiger partial charge on any atom is 0.0529 e. The van der Waals surface area contributed by atoms with E-state index in [0.717, 1.165) is 0 Å². The molecule has 0 aliphatic heterocycles. The van der Waals surface area contributed by atoms with Crippen LogP contribution in [0.2, 0.25) is 0 Å². The molecule has 1 aliphatic rings. The average Bonchev–Trinajstić information content (AvgIpc) is 2.39. The van der Waals surface area contributed by atoms with E-state index in [1.165, 1.54) is 5.56 Å². The van der Waals surface area contributed by atoms with E-state index in [9.17, 15) is 0 Å². The standard InChI is InChI=1S/C16H23I/c1-10(2)16(17)12(4)15(5,6)14-9-11(3)7-8-13(14)16/h7-10,12H,1-6H3. The fourth-order valence-electron chi connectivity index (χ4n) is 3.33. The third-order valence-corrected chi connectivity index (χ3v) is 7.60. The molecule has 0 heterocycles. The molecule has 0 nitrogen and oxygen atoms in total. The summed E-state index contributed by atoms with van der Waals surface area (Å²) in [5.74, 6) is 1.34. The summed E-state index contributed by atoms with van der Waals surface area (Å²) in [6, 6.07) is 7.03. The molecule has 2 unspecified atom stereocenters. The molecule has 2 atom stereocenters. The van der Waals surface area contributed by atoms with Crippen LogP contribution in [0.5, 0.6) is 0 Å². The lowest BCUT2D eigenvalue weighted by Crippen LogP contribution is -2.35. The maximum absolute atomic E-state index is 2.71. The summed E-state index contributed by atoms with van der Waals surface area (Å²) in [4.78, 5) is 0. The van der Waals surface area contributed by atoms with E-state index in [2.05, 4.69) is 82.3 Å². The van der Waals surface area contributed by atoms with Gasteiger partial charge in [0.1, 0.15) is 0 Å². The molecule has 0 saturated heterocycles. The van der Waals surface area contributed by atoms with Crippen LogP contribution >= 0.6 is 22.6 Å². The van der Waals surface area contributed by atoms with E-state index >= 15 is 0 Å². The average molecular weight is 342 g/mol. The summed E-state index contributed by atoms with van der Waals surface area (Å²) in [6.45, 7) is 14.1. The van der Waals surface area contributed by atoms with E-state index in [1.807, 2.05) is 0 Å². The highest BCUT2D eigenvalue weighted by Crippen LogP contribution is 2.60. The van der Waals surface area contributed by atoms with Gasteiger partial charge in [-0.2, -0.15) is 0 Å². The summed E-state index contributed by atoms with van der Waals surface area (Å²) in [7, 11) is 0. The number of hydrogen-bond acceptors (Lipinski definition) is 0. The van der Waals surface area contributed by atoms with Gasteiger partial charge in [0.05, 0.1) is 3.42 Å². The predicted molar refractivity (Wildman–Crippen MR) is 83.9 cm³/mol. The molecule has 1 aromatic rings. The van der Waals surface area contributed by atoms with Gasteiger partial charge >= 0.3 is 0 Å². The van der Waals surface area contributed by atoms with Crippen LogP contribution in [0.3, 0.4) is 0 Å². The van der Waals surface area contributed by atoms with Crippen molar-refractivity contribution in [3.63, 3.8) is 0 Å². The topological polar surface area (TPSA) is 0 Å². The summed E-state index contributed by atoms with van der Waals surface area (Å²) in [5, 5.41) is 0. The SMILES string of the molecule is Cc1ccc2c(c1)C(C)(C)C(C)C2(I)C(C)C. The van der Waals surface area contributed by atoms with Gasteiger partial charge in [-0.3, -0.25) is 0 Å². The van der Waals surface area contributed by atoms with E-state index in [0.29, 0.717) is 11.8 Å². The summed E-state index contributed by atoms with van der Waals surface area (Å²) >= 11 is 2.71. The fourth-order valence-corrected chi connectivity index (χ4v) is 4.58. The Bertz CT molecular complexity index is 445. The number of rotatable bonds is 1. The lowest BCUT2D eigenvalue weighted by molar-refractivity contribution is 0.271. The van der Waals surface area contributed by atoms with Crippen LogP contribution in [0, 0.1) is 18.8 Å². The Balaban J connectivity index is 2.72. The first-order valence-electron chi connectivity index (χ1n) is 6.53. The van der Waals surface area contributed by atoms with Crippen LogP contribution in [-0.4, -0.2) is 0 Å². The van der Waals surface area contributed by atoms with E-state index < -0.39 is 0 Å². The van der Waals surface area contributed by atoms with Gasteiger partial charge in [-0.05, 0) is 35.3 Å². The second-order valence-corrected chi connectivity index (χ2v) is 8.20. The first-order chi connectivity index (χ1) is 7.72. The quantitative estimate of drug-likeness (QED) is 0.486. The summed E-state index contributed by atoms with van der Waals surface area (Å²) < 4.78 is 0.282. The molecule has 94 valence electrons. The Morgan fingerprint density at radius 2 is 1.76 bits per heavy atom. The van der Waals surface area contributed by atoms with Crippen LogP contribution in [0.1, 0.15) is 51.3 Å². The number of halogens is 1. The first kappa shape index (κ1) is 13.4. The highest BCUT2D eigenvalue weighted by molar-refractivity contribution is 14.1. The fraction of sp³-hybridized carbons (Fsp3) is 0.625. The van der Waals surface area contributed by atoms with Crippen molar-refractivity contribution in [2.24, 2.45) is 11.8 Å². The van der Waals surface area contributed by atoms with Crippen molar-refractivity contribution in [3.05, 3.63) is 34.9 Å². The van der Waals surface area contributed by atoms with Crippen LogP contribution in [-0.2, 0) is 8.84 Å². The zero-order valence-corrected chi connectivity index (χ0v) is 13.9. The van der Waals surface area contributed by atoms with Gasteiger partial charge < -0.3 is 0 Å². The lowest BCUT2D eigenvalue weighted by Gasteiger charge is -2.37. The van der Waals surface area contributed by atoms with Gasteiger partial charge in [0.25, 0.3) is 0 Å². The molecule has 0 radical (unpaired) electrons. The molecule has 0 aromatic heterocycles. The molecular weight excluding hydrogens is 319 g/mol. The predicted octanol–water partition coefficient (Wildman–Crippen LogP) is 5.21. The minimum Gasteiger partial charge on any atom is -0.0730 e. The van der Waals surface area contributed by atoms with Crippen LogP contribution in [0.25, 0.3) is 0 Å². The smallest absolute Gasteiger partial charge is 0.0529 e. The lowest BCUT2D eigenvalue weighted by atomic mass is 9.74. The molecule has 1 heteroatoms. The minimum atomic E-state index is 0.282. The van der Waals surface area contributed by atoms with Crippen molar-refractivity contribution in [2.45, 2.75) is 50.4 Å². The molecule has 2 rings (SSSR count). The summed E-state index contributed by atoms with van der Waals surface area (Å²) in [6.07, 6.45) is 0. The highest BCUT2D eigenvalue weighted by atomic mass is 127. The number of alkyl halides is 1. The molecular formula is C16H23I. The Kier molecular flexibility index (Phi) is 3.13. The van der Waals surface area contributed by atoms with Gasteiger partial charge in [-0.15, -0.1) is 0 Å². The molecule has 0 bridgehead atoms. The van der Waals surface area contributed by atoms with Crippen LogP contribution < -0.4 is 0 Å².